The van der Waals surface area contributed by atoms with Crippen LogP contribution in [-0.4, -0.2) is 19.7 Å². The number of rotatable bonds is 2. The molecule has 2 rings (SSSR count). The van der Waals surface area contributed by atoms with Crippen molar-refractivity contribution in [2.45, 2.75) is 13.5 Å². The predicted octanol–water partition coefficient (Wildman–Crippen LogP) is 2.02. The summed E-state index contributed by atoms with van der Waals surface area (Å²) in [5.41, 5.74) is 1.98. The number of H-pyrrole nitrogens is 1. The van der Waals surface area contributed by atoms with Crippen LogP contribution in [0.5, 0.6) is 0 Å². The Labute approximate surface area is 86.6 Å². The molecule has 1 N–H and O–H groups in total. The van der Waals surface area contributed by atoms with Crippen LogP contribution in [0.1, 0.15) is 6.92 Å². The van der Waals surface area contributed by atoms with Crippen LogP contribution < -0.4 is 0 Å². The molecule has 0 spiro atoms. The second-order valence-electron chi connectivity index (χ2n) is 2.82. The van der Waals surface area contributed by atoms with Crippen molar-refractivity contribution in [3.8, 4) is 11.4 Å². The number of aryl methyl sites for hydroxylation is 1. The highest BCUT2D eigenvalue weighted by atomic mass is 32.1. The molecule has 4 nitrogen and oxygen atoms in total. The van der Waals surface area contributed by atoms with E-state index in [0.717, 1.165) is 17.9 Å². The molecule has 2 aromatic rings. The Kier molecular flexibility index (Phi) is 2.41. The lowest BCUT2D eigenvalue weighted by molar-refractivity contribution is 0.665. The molecule has 5 heteroatoms. The first-order valence-corrected chi connectivity index (χ1v) is 4.79. The zero-order valence-corrected chi connectivity index (χ0v) is 8.58. The van der Waals surface area contributed by atoms with Gasteiger partial charge < -0.3 is 4.98 Å². The monoisotopic (exact) mass is 206 g/mol. The molecule has 0 atom stereocenters. The van der Waals surface area contributed by atoms with Crippen molar-refractivity contribution >= 4 is 12.2 Å². The lowest BCUT2D eigenvalue weighted by Crippen LogP contribution is -2.00. The van der Waals surface area contributed by atoms with Gasteiger partial charge in [0, 0.05) is 18.9 Å². The summed E-state index contributed by atoms with van der Waals surface area (Å²) >= 11 is 4.96. The Balaban J connectivity index is 2.54. The minimum atomic E-state index is 0.492. The average molecular weight is 206 g/mol. The van der Waals surface area contributed by atoms with E-state index < -0.39 is 0 Å². The summed E-state index contributed by atoms with van der Waals surface area (Å²) < 4.78 is 2.40. The summed E-state index contributed by atoms with van der Waals surface area (Å²) in [6.45, 7) is 2.89. The van der Waals surface area contributed by atoms with Crippen molar-refractivity contribution in [2.24, 2.45) is 0 Å². The first-order valence-electron chi connectivity index (χ1n) is 4.39. The largest absolute Gasteiger partial charge is 0.329 e. The van der Waals surface area contributed by atoms with Gasteiger partial charge in [-0.05, 0) is 31.3 Å². The molecule has 0 unspecified atom stereocenters. The first-order chi connectivity index (χ1) is 6.81. The van der Waals surface area contributed by atoms with E-state index in [1.165, 1.54) is 0 Å². The van der Waals surface area contributed by atoms with Gasteiger partial charge in [0.15, 0.2) is 4.77 Å². The van der Waals surface area contributed by atoms with Gasteiger partial charge in [-0.15, -0.1) is 0 Å². The standard InChI is InChI=1S/C9H10N4S/c1-2-13-8(4-6-11-13)7-3-5-10-9(14)12-7/h3-6H,2H2,1H3,(H,10,12,14). The molecule has 0 amide bonds. The lowest BCUT2D eigenvalue weighted by Gasteiger charge is -2.03. The van der Waals surface area contributed by atoms with Gasteiger partial charge in [0.05, 0.1) is 11.4 Å². The van der Waals surface area contributed by atoms with E-state index in [2.05, 4.69) is 15.1 Å². The number of hydrogen-bond donors (Lipinski definition) is 1. The van der Waals surface area contributed by atoms with Gasteiger partial charge in [0.1, 0.15) is 0 Å². The van der Waals surface area contributed by atoms with Crippen LogP contribution >= 0.6 is 12.2 Å². The summed E-state index contributed by atoms with van der Waals surface area (Å²) in [5.74, 6) is 0. The van der Waals surface area contributed by atoms with Crippen molar-refractivity contribution in [1.29, 1.82) is 0 Å². The summed E-state index contributed by atoms with van der Waals surface area (Å²) in [6, 6.07) is 3.84. The Morgan fingerprint density at radius 3 is 3.00 bits per heavy atom. The maximum atomic E-state index is 4.96. The molecular formula is C9H10N4S. The van der Waals surface area contributed by atoms with Crippen LogP contribution in [0.2, 0.25) is 0 Å². The Morgan fingerprint density at radius 2 is 2.29 bits per heavy atom. The number of aromatic amines is 1. The molecular weight excluding hydrogens is 196 g/mol. The molecule has 0 bridgehead atoms. The minimum absolute atomic E-state index is 0.492. The van der Waals surface area contributed by atoms with Crippen molar-refractivity contribution in [2.75, 3.05) is 0 Å². The van der Waals surface area contributed by atoms with Crippen LogP contribution in [0.3, 0.4) is 0 Å². The topological polar surface area (TPSA) is 46.5 Å². The van der Waals surface area contributed by atoms with Gasteiger partial charge in [-0.3, -0.25) is 4.68 Å². The summed E-state index contributed by atoms with van der Waals surface area (Å²) in [5, 5.41) is 4.18. The average Bonchev–Trinajstić information content (AvgIpc) is 2.65. The van der Waals surface area contributed by atoms with E-state index in [1.807, 2.05) is 23.7 Å². The summed E-state index contributed by atoms with van der Waals surface area (Å²) in [7, 11) is 0. The van der Waals surface area contributed by atoms with E-state index >= 15 is 0 Å². The summed E-state index contributed by atoms with van der Waals surface area (Å²) in [6.07, 6.45) is 3.47. The molecule has 0 aliphatic rings. The molecule has 0 fully saturated rings. The third kappa shape index (κ3) is 1.58. The normalized spacial score (nSPS) is 10.4. The van der Waals surface area contributed by atoms with Crippen molar-refractivity contribution < 1.29 is 0 Å². The smallest absolute Gasteiger partial charge is 0.197 e. The number of hydrogen-bond acceptors (Lipinski definition) is 3. The molecule has 0 radical (unpaired) electrons. The number of aromatic nitrogens is 4. The van der Waals surface area contributed by atoms with E-state index in [9.17, 15) is 0 Å². The van der Waals surface area contributed by atoms with Crippen LogP contribution in [0.25, 0.3) is 11.4 Å². The highest BCUT2D eigenvalue weighted by Gasteiger charge is 2.03. The third-order valence-electron chi connectivity index (χ3n) is 1.97. The van der Waals surface area contributed by atoms with Gasteiger partial charge in [-0.2, -0.15) is 5.10 Å². The Hall–Kier alpha value is -1.49. The van der Waals surface area contributed by atoms with Gasteiger partial charge in [0.2, 0.25) is 0 Å². The van der Waals surface area contributed by atoms with Gasteiger partial charge >= 0.3 is 0 Å². The van der Waals surface area contributed by atoms with Crippen LogP contribution in [0.4, 0.5) is 0 Å². The van der Waals surface area contributed by atoms with Crippen molar-refractivity contribution in [3.05, 3.63) is 29.3 Å². The van der Waals surface area contributed by atoms with Crippen LogP contribution in [-0.2, 0) is 6.54 Å². The quantitative estimate of drug-likeness (QED) is 0.765. The Morgan fingerprint density at radius 1 is 1.43 bits per heavy atom. The fourth-order valence-corrected chi connectivity index (χ4v) is 1.50. The van der Waals surface area contributed by atoms with E-state index in [4.69, 9.17) is 12.2 Å². The highest BCUT2D eigenvalue weighted by Crippen LogP contribution is 2.14. The van der Waals surface area contributed by atoms with E-state index in [1.54, 1.807) is 12.4 Å². The molecule has 14 heavy (non-hydrogen) atoms. The van der Waals surface area contributed by atoms with Crippen LogP contribution in [0, 0.1) is 4.77 Å². The first kappa shape index (κ1) is 9.08. The second kappa shape index (κ2) is 3.71. The molecule has 0 saturated heterocycles. The maximum Gasteiger partial charge on any atom is 0.197 e. The Bertz CT molecular complexity index is 485. The molecule has 0 aromatic carbocycles. The van der Waals surface area contributed by atoms with Crippen molar-refractivity contribution in [1.82, 2.24) is 19.7 Å². The molecule has 0 aliphatic heterocycles. The number of nitrogens with zero attached hydrogens (tertiary/aromatic N) is 3. The van der Waals surface area contributed by atoms with Gasteiger partial charge in [0.25, 0.3) is 0 Å². The van der Waals surface area contributed by atoms with Gasteiger partial charge in [-0.1, -0.05) is 0 Å². The van der Waals surface area contributed by atoms with Gasteiger partial charge in [-0.25, -0.2) is 4.98 Å². The fourth-order valence-electron chi connectivity index (χ4n) is 1.33. The van der Waals surface area contributed by atoms with Crippen molar-refractivity contribution in [3.63, 3.8) is 0 Å². The second-order valence-corrected chi connectivity index (χ2v) is 3.21. The summed E-state index contributed by atoms with van der Waals surface area (Å²) in [4.78, 5) is 6.96. The third-order valence-corrected chi connectivity index (χ3v) is 2.17. The molecule has 72 valence electrons. The molecule has 2 heterocycles. The highest BCUT2D eigenvalue weighted by molar-refractivity contribution is 7.71. The zero-order chi connectivity index (χ0) is 9.97. The molecule has 0 saturated carbocycles. The van der Waals surface area contributed by atoms with E-state index in [0.29, 0.717) is 4.77 Å². The molecule has 0 aliphatic carbocycles. The number of nitrogens with one attached hydrogen (secondary N) is 1. The SMILES string of the molecule is CCn1nccc1-c1ccnc(=S)[nH]1. The lowest BCUT2D eigenvalue weighted by atomic mass is 10.3. The fraction of sp³-hybridized carbons (Fsp3) is 0.222. The molecule has 2 aromatic heterocycles. The van der Waals surface area contributed by atoms with E-state index in [-0.39, 0.29) is 0 Å². The predicted molar refractivity (Wildman–Crippen MR) is 56.3 cm³/mol. The van der Waals surface area contributed by atoms with Crippen LogP contribution in [0.15, 0.2) is 24.5 Å². The zero-order valence-electron chi connectivity index (χ0n) is 7.77. The maximum absolute atomic E-state index is 4.96. The minimum Gasteiger partial charge on any atom is -0.329 e.